The Kier molecular flexibility index (Phi) is 26.0. The van der Waals surface area contributed by atoms with Crippen LogP contribution in [0.4, 0.5) is 20.6 Å². The average Bonchev–Trinajstić information content (AvgIpc) is 4.12. The van der Waals surface area contributed by atoms with E-state index in [1.165, 1.54) is 36.8 Å². The maximum Gasteiger partial charge on any atom is 0.410 e. The van der Waals surface area contributed by atoms with Crippen molar-refractivity contribution in [1.29, 1.82) is 0 Å². The molecule has 22 heteroatoms. The summed E-state index contributed by atoms with van der Waals surface area (Å²) in [5.74, 6) is -2.63. The van der Waals surface area contributed by atoms with Crippen molar-refractivity contribution in [2.45, 2.75) is 110 Å². The van der Waals surface area contributed by atoms with Gasteiger partial charge in [0, 0.05) is 68.6 Å². The summed E-state index contributed by atoms with van der Waals surface area (Å²) in [6, 6.07) is 7.75. The highest BCUT2D eigenvalue weighted by Crippen LogP contribution is 2.48. The summed E-state index contributed by atoms with van der Waals surface area (Å²) >= 11 is 0. The van der Waals surface area contributed by atoms with E-state index in [1.54, 1.807) is 40.8 Å². The van der Waals surface area contributed by atoms with Crippen LogP contribution in [-0.4, -0.2) is 140 Å². The maximum absolute atomic E-state index is 16.0. The van der Waals surface area contributed by atoms with Gasteiger partial charge in [-0.2, -0.15) is 0 Å². The lowest BCUT2D eigenvalue weighted by atomic mass is 9.81. The summed E-state index contributed by atoms with van der Waals surface area (Å²) in [5, 5.41) is 20.9. The number of hydrogen-bond acceptors (Lipinski definition) is 14. The number of aromatic carboxylic acids is 1. The van der Waals surface area contributed by atoms with Crippen molar-refractivity contribution in [2.75, 3.05) is 70.7 Å². The van der Waals surface area contributed by atoms with Gasteiger partial charge in [0.15, 0.2) is 11.6 Å². The van der Waals surface area contributed by atoms with Gasteiger partial charge < -0.3 is 60.7 Å². The summed E-state index contributed by atoms with van der Waals surface area (Å²) < 4.78 is 29.3. The van der Waals surface area contributed by atoms with Crippen molar-refractivity contribution < 1.29 is 57.3 Å². The number of anilines is 2. The second kappa shape index (κ2) is 31.4. The minimum atomic E-state index is -1.36. The van der Waals surface area contributed by atoms with Crippen molar-refractivity contribution in [3.63, 3.8) is 0 Å². The summed E-state index contributed by atoms with van der Waals surface area (Å²) in [6.45, 7) is 10.9. The lowest BCUT2D eigenvalue weighted by Gasteiger charge is -2.45. The third-order valence-electron chi connectivity index (χ3n) is 13.3. The third kappa shape index (κ3) is 17.4. The summed E-state index contributed by atoms with van der Waals surface area (Å²) in [6.07, 6.45) is 19.3. The number of amides is 6. The number of aromatic nitrogens is 1. The van der Waals surface area contributed by atoms with Gasteiger partial charge in [-0.3, -0.25) is 33.7 Å². The van der Waals surface area contributed by atoms with Gasteiger partial charge >= 0.3 is 12.1 Å². The molecule has 3 atom stereocenters. The number of imide groups is 1. The summed E-state index contributed by atoms with van der Waals surface area (Å²) in [7, 11) is 5.07. The maximum atomic E-state index is 16.0. The molecule has 3 fully saturated rings. The second-order valence-corrected chi connectivity index (χ2v) is 19.2. The number of likely N-dealkylation sites (N-methyl/N-ethyl adjacent to an activating group) is 1. The molecule has 1 saturated carbocycles. The van der Waals surface area contributed by atoms with Crippen LogP contribution in [0.15, 0.2) is 53.5 Å². The number of benzene rings is 2. The van der Waals surface area contributed by atoms with Gasteiger partial charge in [0.2, 0.25) is 23.7 Å². The van der Waals surface area contributed by atoms with Gasteiger partial charge in [0.05, 0.1) is 36.1 Å². The van der Waals surface area contributed by atoms with E-state index in [4.69, 9.17) is 14.3 Å². The molecular weight excluding hydrogens is 998 g/mol. The van der Waals surface area contributed by atoms with Gasteiger partial charge in [-0.15, -0.1) is 12.8 Å². The number of primary amides is 1. The van der Waals surface area contributed by atoms with Crippen LogP contribution >= 0.6 is 0 Å². The van der Waals surface area contributed by atoms with Crippen LogP contribution < -0.4 is 42.1 Å². The first-order chi connectivity index (χ1) is 36.8. The standard InChI is InChI=1S/C33H38FN5O7.C15H22N2O4.C4H11N.C2H2.CH3NO/c1-33-18-37(28-25(34)13-23-27(30(28)45-3)38(22-10-11-22)16-24(29(23)41)31(42)43)15-20(33)5-4-12-39(33)32(44)46-17-19-6-8-21(9-7-19)36-26(40)14-35-2;1-11(2)12(10-18)16-13(19)6-4-3-5-9-17-14(20)7-8-15(17)21;1-3-4-5-2;1-2;2-1-3/h6-9,13,16,20,22,35H,4-5,10-12,14-15,17-18H2,1-3H3,(H,36,40)(H,42,43);7-8,10-12H,3-6,9H2,1-2H3,(H,16,19);5H,3-4H2,1-2H3;1-2H;1H,(H2,2,3)/t20-,33+;;;;/m0..../s1. The number of nitrogens with zero attached hydrogens (tertiary/aromatic N) is 4. The summed E-state index contributed by atoms with van der Waals surface area (Å²) in [4.78, 5) is 109. The Morgan fingerprint density at radius 1 is 0.974 bits per heavy atom. The lowest BCUT2D eigenvalue weighted by Crippen LogP contribution is -2.58. The molecule has 1 aliphatic carbocycles. The molecule has 77 heavy (non-hydrogen) atoms. The van der Waals surface area contributed by atoms with Crippen LogP contribution in [0, 0.1) is 30.5 Å². The zero-order valence-corrected chi connectivity index (χ0v) is 45.2. The Bertz CT molecular complexity index is 2620. The number of carboxylic acids is 1. The Morgan fingerprint density at radius 2 is 1.62 bits per heavy atom. The van der Waals surface area contributed by atoms with E-state index in [0.717, 1.165) is 56.6 Å². The fraction of sp³-hybridized carbons (Fsp3) is 0.509. The number of carbonyl (C=O) groups excluding carboxylic acids is 7. The molecule has 6 amide bonds. The topological polar surface area (TPSA) is 281 Å². The number of hydrogen-bond donors (Lipinski definition) is 6. The molecule has 7 rings (SSSR count). The average molecular weight is 1070 g/mol. The first-order valence-corrected chi connectivity index (χ1v) is 25.7. The van der Waals surface area contributed by atoms with Crippen molar-refractivity contribution in [3.8, 4) is 18.6 Å². The second-order valence-electron chi connectivity index (χ2n) is 19.2. The first kappa shape index (κ1) is 63.7. The van der Waals surface area contributed by atoms with Crippen molar-refractivity contribution in [3.05, 3.63) is 75.8 Å². The van der Waals surface area contributed by atoms with Crippen molar-refractivity contribution in [1.82, 2.24) is 30.3 Å². The molecule has 3 aromatic rings. The molecule has 1 aromatic heterocycles. The van der Waals surface area contributed by atoms with E-state index in [1.807, 2.05) is 32.7 Å². The van der Waals surface area contributed by atoms with Crippen molar-refractivity contribution >= 4 is 70.7 Å². The molecular formula is C55H76FN9O12. The number of pyridine rings is 1. The molecule has 4 heterocycles. The quantitative estimate of drug-likeness (QED) is 0.0386. The minimum Gasteiger partial charge on any atom is -0.492 e. The molecule has 0 spiro atoms. The summed E-state index contributed by atoms with van der Waals surface area (Å²) in [5.41, 5.74) is 4.31. The van der Waals surface area contributed by atoms with Crippen LogP contribution in [0.3, 0.4) is 0 Å². The van der Waals surface area contributed by atoms with E-state index < -0.39 is 40.5 Å². The number of carbonyl (C=O) groups is 8. The van der Waals surface area contributed by atoms with Crippen LogP contribution in [-0.2, 0) is 40.1 Å². The molecule has 0 radical (unpaired) electrons. The Morgan fingerprint density at radius 3 is 2.16 bits per heavy atom. The van der Waals surface area contributed by atoms with E-state index in [2.05, 4.69) is 46.8 Å². The zero-order valence-electron chi connectivity index (χ0n) is 45.2. The Hall–Kier alpha value is -7.64. The highest BCUT2D eigenvalue weighted by Gasteiger charge is 2.52. The fourth-order valence-electron chi connectivity index (χ4n) is 9.22. The number of piperidine rings is 1. The number of nitrogens with two attached hydrogens (primary N) is 1. The number of rotatable bonds is 20. The van der Waals surface area contributed by atoms with E-state index in [9.17, 15) is 43.5 Å². The molecule has 2 aromatic carbocycles. The van der Waals surface area contributed by atoms with Gasteiger partial charge in [0.1, 0.15) is 24.1 Å². The number of aldehydes is 1. The Labute approximate surface area is 449 Å². The predicted molar refractivity (Wildman–Crippen MR) is 291 cm³/mol. The van der Waals surface area contributed by atoms with Crippen molar-refractivity contribution in [2.24, 2.45) is 17.6 Å². The van der Waals surface area contributed by atoms with Gasteiger partial charge in [-0.1, -0.05) is 39.3 Å². The molecule has 2 saturated heterocycles. The number of carboxylic acid groups (broad SMARTS) is 1. The van der Waals surface area contributed by atoms with Crippen LogP contribution in [0.1, 0.15) is 107 Å². The highest BCUT2D eigenvalue weighted by molar-refractivity contribution is 6.12. The third-order valence-corrected chi connectivity index (χ3v) is 13.3. The molecule has 7 N–H and O–H groups in total. The first-order valence-electron chi connectivity index (χ1n) is 25.7. The molecule has 21 nitrogen and oxygen atoms in total. The normalized spacial score (nSPS) is 17.4. The van der Waals surface area contributed by atoms with Gasteiger partial charge in [-0.25, -0.2) is 14.0 Å². The Balaban J connectivity index is 0.000000418. The highest BCUT2D eigenvalue weighted by atomic mass is 19.1. The SMILES string of the molecule is C#C.CC(C)C(C=O)NC(=O)CCCCCN1C(=O)C=CC1=O.CCCNC.CNCC(=O)Nc1ccc(COC(=O)N2CCC[C@H]3CN(c4c(F)cc5c(=O)c(C(=O)O)cn(C6CC6)c5c4OC)C[C@]32C)cc1.NC=O. The minimum absolute atomic E-state index is 0.00864. The van der Waals surface area contributed by atoms with E-state index in [0.29, 0.717) is 56.6 Å². The predicted octanol–water partition coefficient (Wildman–Crippen LogP) is 4.75. The number of likely N-dealkylation sites (tertiary alicyclic amines) is 1. The van der Waals surface area contributed by atoms with E-state index in [-0.39, 0.29) is 77.9 Å². The van der Waals surface area contributed by atoms with Crippen LogP contribution in [0.2, 0.25) is 0 Å². The number of ether oxygens (including phenoxy) is 2. The molecule has 420 valence electrons. The van der Waals surface area contributed by atoms with Gasteiger partial charge in [0.25, 0.3) is 11.8 Å². The lowest BCUT2D eigenvalue weighted by molar-refractivity contribution is -0.137. The number of fused-ring (bicyclic) bond motifs is 2. The monoisotopic (exact) mass is 1070 g/mol. The molecule has 3 aliphatic heterocycles. The number of halogens is 1. The van der Waals surface area contributed by atoms with Gasteiger partial charge in [-0.05, 0) is 102 Å². The number of unbranched alkanes of at least 4 members (excludes halogenated alkanes) is 2. The van der Waals surface area contributed by atoms with Crippen LogP contribution in [0.5, 0.6) is 5.75 Å². The molecule has 0 bridgehead atoms. The number of nitrogens with one attached hydrogen (secondary N) is 4. The number of methoxy groups -OCH3 is 1. The fourth-order valence-corrected chi connectivity index (χ4v) is 9.22. The zero-order chi connectivity index (χ0) is 57.4. The number of terminal acetylenes is 1. The largest absolute Gasteiger partial charge is 0.492 e. The smallest absolute Gasteiger partial charge is 0.410 e. The molecule has 1 unspecified atom stereocenters. The molecule has 4 aliphatic rings. The van der Waals surface area contributed by atoms with E-state index >= 15 is 4.39 Å². The van der Waals surface area contributed by atoms with Crippen LogP contribution in [0.25, 0.3) is 10.9 Å².